The van der Waals surface area contributed by atoms with Gasteiger partial charge in [0, 0.05) is 13.2 Å². The van der Waals surface area contributed by atoms with Crippen LogP contribution in [0, 0.1) is 11.6 Å². The van der Waals surface area contributed by atoms with Gasteiger partial charge in [0.1, 0.15) is 23.6 Å². The van der Waals surface area contributed by atoms with Crippen molar-refractivity contribution < 1.29 is 18.4 Å². The number of benzene rings is 1. The molecule has 0 aliphatic heterocycles. The minimum Gasteiger partial charge on any atom is -0.366 e. The summed E-state index contributed by atoms with van der Waals surface area (Å²) in [5.74, 6) is -3.12. The predicted molar refractivity (Wildman–Crippen MR) is 74.3 cm³/mol. The molecule has 0 bridgehead atoms. The van der Waals surface area contributed by atoms with Crippen LogP contribution >= 0.6 is 0 Å². The third-order valence-electron chi connectivity index (χ3n) is 2.80. The Balaban J connectivity index is 2.29. The number of aromatic nitrogens is 2. The number of nitrogens with two attached hydrogens (primary N) is 1. The van der Waals surface area contributed by atoms with Gasteiger partial charge in [-0.1, -0.05) is 0 Å². The number of carbonyl (C=O) groups excluding carboxylic acids is 2. The van der Waals surface area contributed by atoms with Gasteiger partial charge in [-0.05, 0) is 18.2 Å². The summed E-state index contributed by atoms with van der Waals surface area (Å²) in [5.41, 5.74) is 3.69. The number of carbonyl (C=O) groups is 2. The molecule has 2 aromatic rings. The third kappa shape index (κ3) is 2.97. The number of hydrogen-bond donors (Lipinski definition) is 2. The van der Waals surface area contributed by atoms with Gasteiger partial charge in [0.05, 0.1) is 5.56 Å². The van der Waals surface area contributed by atoms with Gasteiger partial charge in [-0.2, -0.15) is 0 Å². The Kier molecular flexibility index (Phi) is 4.25. The molecule has 2 rings (SSSR count). The highest BCUT2D eigenvalue weighted by molar-refractivity contribution is 6.02. The van der Waals surface area contributed by atoms with Gasteiger partial charge in [0.25, 0.3) is 5.91 Å². The maximum atomic E-state index is 14.0. The minimum atomic E-state index is -1.24. The molecule has 1 aromatic carbocycles. The van der Waals surface area contributed by atoms with E-state index in [0.29, 0.717) is 0 Å². The highest BCUT2D eigenvalue weighted by Gasteiger charge is 2.21. The van der Waals surface area contributed by atoms with Crippen LogP contribution in [0.5, 0.6) is 0 Å². The summed E-state index contributed by atoms with van der Waals surface area (Å²) in [6.45, 7) is 0. The van der Waals surface area contributed by atoms with E-state index in [4.69, 9.17) is 5.73 Å². The second-order valence-corrected chi connectivity index (χ2v) is 4.20. The number of hydrogen-bond acceptors (Lipinski definition) is 4. The molecule has 9 heteroatoms. The fraction of sp³-hybridized carbons (Fsp3) is 0.0769. The zero-order chi connectivity index (χ0) is 16.3. The molecule has 0 radical (unpaired) electrons. The normalized spacial score (nSPS) is 10.1. The van der Waals surface area contributed by atoms with Crippen molar-refractivity contribution in [1.82, 2.24) is 9.97 Å². The van der Waals surface area contributed by atoms with Crippen LogP contribution in [0.1, 0.15) is 10.4 Å². The van der Waals surface area contributed by atoms with Crippen molar-refractivity contribution in [2.45, 2.75) is 0 Å². The quantitative estimate of drug-likeness (QED) is 0.897. The van der Waals surface area contributed by atoms with E-state index >= 15 is 0 Å². The van der Waals surface area contributed by atoms with Crippen molar-refractivity contribution in [3.8, 4) is 0 Å². The SMILES string of the molecule is CN(C(=O)Nc1c(F)ccc(C(N)=O)c1F)c1ccncn1. The predicted octanol–water partition coefficient (Wildman–Crippen LogP) is 1.52. The van der Waals surface area contributed by atoms with Crippen LogP contribution in [-0.4, -0.2) is 29.0 Å². The molecule has 114 valence electrons. The van der Waals surface area contributed by atoms with Gasteiger partial charge >= 0.3 is 6.03 Å². The molecule has 0 aliphatic rings. The van der Waals surface area contributed by atoms with Gasteiger partial charge in [-0.25, -0.2) is 23.5 Å². The highest BCUT2D eigenvalue weighted by atomic mass is 19.1. The van der Waals surface area contributed by atoms with Gasteiger partial charge in [-0.3, -0.25) is 9.69 Å². The number of urea groups is 1. The molecule has 0 atom stereocenters. The lowest BCUT2D eigenvalue weighted by Gasteiger charge is -2.17. The summed E-state index contributed by atoms with van der Waals surface area (Å²) in [5, 5.41) is 2.04. The van der Waals surface area contributed by atoms with Gasteiger partial charge in [0.2, 0.25) is 0 Å². The number of nitrogens with zero attached hydrogens (tertiary/aromatic N) is 3. The lowest BCUT2D eigenvalue weighted by molar-refractivity contribution is 0.0996. The van der Waals surface area contributed by atoms with E-state index in [2.05, 4.69) is 9.97 Å². The van der Waals surface area contributed by atoms with Gasteiger partial charge in [0.15, 0.2) is 5.82 Å². The van der Waals surface area contributed by atoms with Crippen molar-refractivity contribution in [2.24, 2.45) is 5.73 Å². The van der Waals surface area contributed by atoms with Crippen LogP contribution in [0.4, 0.5) is 25.1 Å². The molecule has 22 heavy (non-hydrogen) atoms. The van der Waals surface area contributed by atoms with E-state index in [9.17, 15) is 18.4 Å². The number of primary amides is 1. The standard InChI is InChI=1S/C13H11F2N5O2/c1-20(9-4-5-17-6-18-9)13(22)19-11-8(14)3-2-7(10(11)15)12(16)21/h2-6H,1H3,(H2,16,21)(H,19,22). The van der Waals surface area contributed by atoms with E-state index in [1.54, 1.807) is 0 Å². The average Bonchev–Trinajstić information content (AvgIpc) is 2.50. The number of nitrogens with one attached hydrogen (secondary N) is 1. The van der Waals surface area contributed by atoms with Crippen LogP contribution in [0.3, 0.4) is 0 Å². The lowest BCUT2D eigenvalue weighted by Crippen LogP contribution is -2.32. The first-order valence-corrected chi connectivity index (χ1v) is 6.00. The molecular weight excluding hydrogens is 296 g/mol. The molecule has 1 heterocycles. The zero-order valence-electron chi connectivity index (χ0n) is 11.4. The van der Waals surface area contributed by atoms with Crippen molar-refractivity contribution in [3.63, 3.8) is 0 Å². The fourth-order valence-electron chi connectivity index (χ4n) is 1.63. The molecule has 0 saturated carbocycles. The number of halogens is 2. The minimum absolute atomic E-state index is 0.222. The van der Waals surface area contributed by atoms with E-state index in [0.717, 1.165) is 17.0 Å². The molecule has 0 spiro atoms. The smallest absolute Gasteiger partial charge is 0.327 e. The Morgan fingerprint density at radius 1 is 1.27 bits per heavy atom. The topological polar surface area (TPSA) is 101 Å². The summed E-state index contributed by atoms with van der Waals surface area (Å²) in [6, 6.07) is 2.32. The van der Waals surface area contributed by atoms with Crippen LogP contribution in [0.15, 0.2) is 30.7 Å². The first kappa shape index (κ1) is 15.3. The van der Waals surface area contributed by atoms with Crippen molar-refractivity contribution in [1.29, 1.82) is 0 Å². The molecule has 0 unspecified atom stereocenters. The zero-order valence-corrected chi connectivity index (χ0v) is 11.4. The molecule has 7 nitrogen and oxygen atoms in total. The van der Waals surface area contributed by atoms with Crippen LogP contribution in [-0.2, 0) is 0 Å². The van der Waals surface area contributed by atoms with E-state index in [1.807, 2.05) is 5.32 Å². The number of rotatable bonds is 3. The third-order valence-corrected chi connectivity index (χ3v) is 2.80. The Morgan fingerprint density at radius 3 is 2.59 bits per heavy atom. The monoisotopic (exact) mass is 307 g/mol. The van der Waals surface area contributed by atoms with Crippen LogP contribution in [0.25, 0.3) is 0 Å². The Bertz CT molecular complexity index is 724. The second-order valence-electron chi connectivity index (χ2n) is 4.20. The summed E-state index contributed by atoms with van der Waals surface area (Å²) in [7, 11) is 1.35. The van der Waals surface area contributed by atoms with Gasteiger partial charge < -0.3 is 11.1 Å². The summed E-state index contributed by atoms with van der Waals surface area (Å²) >= 11 is 0. The average molecular weight is 307 g/mol. The second kappa shape index (κ2) is 6.12. The van der Waals surface area contributed by atoms with Crippen LogP contribution < -0.4 is 16.0 Å². The lowest BCUT2D eigenvalue weighted by atomic mass is 10.1. The summed E-state index contributed by atoms with van der Waals surface area (Å²) in [4.78, 5) is 31.6. The highest BCUT2D eigenvalue weighted by Crippen LogP contribution is 2.22. The van der Waals surface area contributed by atoms with Crippen molar-refractivity contribution in [2.75, 3.05) is 17.3 Å². The Hall–Kier alpha value is -3.10. The fourth-order valence-corrected chi connectivity index (χ4v) is 1.63. The molecule has 0 fully saturated rings. The van der Waals surface area contributed by atoms with Crippen molar-refractivity contribution >= 4 is 23.4 Å². The first-order valence-electron chi connectivity index (χ1n) is 6.00. The number of amides is 3. The molecule has 1 aromatic heterocycles. The molecule has 0 saturated heterocycles. The van der Waals surface area contributed by atoms with E-state index in [-0.39, 0.29) is 5.82 Å². The van der Waals surface area contributed by atoms with Gasteiger partial charge in [-0.15, -0.1) is 0 Å². The maximum Gasteiger partial charge on any atom is 0.327 e. The summed E-state index contributed by atoms with van der Waals surface area (Å²) in [6.07, 6.45) is 2.62. The maximum absolute atomic E-state index is 14.0. The molecule has 3 amide bonds. The largest absolute Gasteiger partial charge is 0.366 e. The van der Waals surface area contributed by atoms with Crippen molar-refractivity contribution in [3.05, 3.63) is 47.9 Å². The van der Waals surface area contributed by atoms with E-state index < -0.39 is 34.8 Å². The molecular formula is C13H11F2N5O2. The molecule has 3 N–H and O–H groups in total. The summed E-state index contributed by atoms with van der Waals surface area (Å²) < 4.78 is 27.7. The Morgan fingerprint density at radius 2 is 2.00 bits per heavy atom. The first-order chi connectivity index (χ1) is 10.4. The van der Waals surface area contributed by atoms with Crippen LogP contribution in [0.2, 0.25) is 0 Å². The molecule has 0 aliphatic carbocycles. The number of anilines is 2. The van der Waals surface area contributed by atoms with E-state index in [1.165, 1.54) is 25.6 Å². The Labute approximate surface area is 123 Å².